The minimum Gasteiger partial charge on any atom is -0.444 e. The number of hydrogen-bond acceptors (Lipinski definition) is 4. The Morgan fingerprint density at radius 2 is 1.69 bits per heavy atom. The number of aryl methyl sites for hydroxylation is 2. The lowest BCUT2D eigenvalue weighted by molar-refractivity contribution is 0.181. The van der Waals surface area contributed by atoms with Crippen LogP contribution in [0.1, 0.15) is 35.4 Å². The third-order valence-electron chi connectivity index (χ3n) is 4.52. The highest BCUT2D eigenvalue weighted by atomic mass is 16.3. The second kappa shape index (κ2) is 9.89. The molecule has 0 bridgehead atoms. The minimum atomic E-state index is -0.611. The summed E-state index contributed by atoms with van der Waals surface area (Å²) in [5.41, 5.74) is 4.92. The molecule has 0 saturated heterocycles. The predicted molar refractivity (Wildman–Crippen MR) is 116 cm³/mol. The van der Waals surface area contributed by atoms with Crippen LogP contribution in [0.4, 0.5) is 0 Å². The Balaban J connectivity index is 1.60. The third-order valence-corrected chi connectivity index (χ3v) is 4.52. The summed E-state index contributed by atoms with van der Waals surface area (Å²) < 4.78 is 5.59. The molecule has 1 heterocycles. The van der Waals surface area contributed by atoms with Crippen LogP contribution in [0.15, 0.2) is 64.2 Å². The molecule has 0 aliphatic rings. The highest BCUT2D eigenvalue weighted by Crippen LogP contribution is 2.19. The van der Waals surface area contributed by atoms with Crippen molar-refractivity contribution < 1.29 is 9.52 Å². The van der Waals surface area contributed by atoms with Crippen LogP contribution in [-0.2, 0) is 6.54 Å². The highest BCUT2D eigenvalue weighted by Gasteiger charge is 2.09. The topological polar surface area (TPSA) is 82.7 Å². The van der Waals surface area contributed by atoms with E-state index < -0.39 is 6.10 Å². The van der Waals surface area contributed by atoms with E-state index in [1.807, 2.05) is 69.3 Å². The first kappa shape index (κ1) is 20.6. The fraction of sp³-hybridized carbons (Fsp3) is 0.304. The average molecular weight is 393 g/mol. The molecule has 29 heavy (non-hydrogen) atoms. The summed E-state index contributed by atoms with van der Waals surface area (Å²) >= 11 is 0. The molecule has 0 saturated carbocycles. The summed E-state index contributed by atoms with van der Waals surface area (Å²) in [6, 6.07) is 15.9. The normalized spacial score (nSPS) is 12.6. The van der Waals surface area contributed by atoms with Gasteiger partial charge in [-0.2, -0.15) is 0 Å². The number of rotatable bonds is 7. The number of aliphatic imine (C=N–C) groups is 1. The first-order valence-corrected chi connectivity index (χ1v) is 9.83. The van der Waals surface area contributed by atoms with Crippen molar-refractivity contribution in [3.63, 3.8) is 0 Å². The summed E-state index contributed by atoms with van der Waals surface area (Å²) in [6.45, 7) is 7.54. The molecule has 1 unspecified atom stereocenters. The summed E-state index contributed by atoms with van der Waals surface area (Å²) in [5, 5.41) is 16.8. The molecule has 152 valence electrons. The van der Waals surface area contributed by atoms with E-state index in [1.165, 1.54) is 11.1 Å². The van der Waals surface area contributed by atoms with Crippen LogP contribution in [0.25, 0.3) is 11.5 Å². The van der Waals surface area contributed by atoms with Crippen LogP contribution in [-0.4, -0.2) is 29.1 Å². The van der Waals surface area contributed by atoms with Crippen molar-refractivity contribution in [2.75, 3.05) is 13.1 Å². The maximum atomic E-state index is 10.4. The number of hydrogen-bond donors (Lipinski definition) is 3. The van der Waals surface area contributed by atoms with E-state index in [9.17, 15) is 5.11 Å². The Kier molecular flexibility index (Phi) is 7.03. The zero-order valence-electron chi connectivity index (χ0n) is 17.1. The molecule has 2 aromatic carbocycles. The summed E-state index contributed by atoms with van der Waals surface area (Å²) in [7, 11) is 0. The third kappa shape index (κ3) is 5.93. The smallest absolute Gasteiger partial charge is 0.226 e. The van der Waals surface area contributed by atoms with Crippen LogP contribution in [0.2, 0.25) is 0 Å². The standard InChI is InChI=1S/C23H28N4O2/c1-4-24-23(26-14-21(28)18-9-5-16(2)6-10-18)25-13-20-15-29-22(27-20)19-11-7-17(3)8-12-19/h5-12,15,21,28H,4,13-14H2,1-3H3,(H2,24,25,26). The van der Waals surface area contributed by atoms with Crippen LogP contribution in [0.5, 0.6) is 0 Å². The van der Waals surface area contributed by atoms with Gasteiger partial charge in [-0.05, 0) is 38.5 Å². The lowest BCUT2D eigenvalue weighted by Gasteiger charge is -2.15. The van der Waals surface area contributed by atoms with Gasteiger partial charge in [-0.3, -0.25) is 0 Å². The van der Waals surface area contributed by atoms with Crippen LogP contribution in [0, 0.1) is 13.8 Å². The number of aromatic nitrogens is 1. The van der Waals surface area contributed by atoms with Crippen molar-refractivity contribution in [1.29, 1.82) is 0 Å². The predicted octanol–water partition coefficient (Wildman–Crippen LogP) is 3.75. The number of aliphatic hydroxyl groups is 1. The largest absolute Gasteiger partial charge is 0.444 e. The molecule has 6 nitrogen and oxygen atoms in total. The molecule has 3 rings (SSSR count). The van der Waals surface area contributed by atoms with Gasteiger partial charge in [0.05, 0.1) is 12.6 Å². The molecule has 0 spiro atoms. The quantitative estimate of drug-likeness (QED) is 0.421. The van der Waals surface area contributed by atoms with Crippen LogP contribution < -0.4 is 10.6 Å². The molecule has 6 heteroatoms. The van der Waals surface area contributed by atoms with E-state index >= 15 is 0 Å². The number of guanidine groups is 1. The van der Waals surface area contributed by atoms with Gasteiger partial charge < -0.3 is 20.2 Å². The lowest BCUT2D eigenvalue weighted by Crippen LogP contribution is -2.39. The summed E-state index contributed by atoms with van der Waals surface area (Å²) in [4.78, 5) is 9.06. The van der Waals surface area contributed by atoms with E-state index in [4.69, 9.17) is 4.42 Å². The first-order valence-electron chi connectivity index (χ1n) is 9.83. The molecule has 0 aliphatic heterocycles. The van der Waals surface area contributed by atoms with Crippen molar-refractivity contribution in [2.24, 2.45) is 4.99 Å². The van der Waals surface area contributed by atoms with Gasteiger partial charge in [0.15, 0.2) is 5.96 Å². The molecule has 3 N–H and O–H groups in total. The number of nitrogens with one attached hydrogen (secondary N) is 2. The van der Waals surface area contributed by atoms with Crippen molar-refractivity contribution in [3.05, 3.63) is 77.2 Å². The van der Waals surface area contributed by atoms with Crippen molar-refractivity contribution in [1.82, 2.24) is 15.6 Å². The minimum absolute atomic E-state index is 0.363. The Hall–Kier alpha value is -3.12. The number of benzene rings is 2. The highest BCUT2D eigenvalue weighted by molar-refractivity contribution is 5.79. The summed E-state index contributed by atoms with van der Waals surface area (Å²) in [5.74, 6) is 1.21. The van der Waals surface area contributed by atoms with Crippen molar-refractivity contribution in [3.8, 4) is 11.5 Å². The molecule has 1 aromatic heterocycles. The van der Waals surface area contributed by atoms with Crippen molar-refractivity contribution >= 4 is 5.96 Å². The van der Waals surface area contributed by atoms with E-state index in [-0.39, 0.29) is 0 Å². The molecule has 0 radical (unpaired) electrons. The van der Waals surface area contributed by atoms with Crippen molar-refractivity contribution in [2.45, 2.75) is 33.4 Å². The van der Waals surface area contributed by atoms with Gasteiger partial charge in [0.1, 0.15) is 12.0 Å². The molecule has 1 atom stereocenters. The monoisotopic (exact) mass is 392 g/mol. The van der Waals surface area contributed by atoms with Gasteiger partial charge >= 0.3 is 0 Å². The van der Waals surface area contributed by atoms with Gasteiger partial charge in [0.25, 0.3) is 0 Å². The maximum Gasteiger partial charge on any atom is 0.226 e. The average Bonchev–Trinajstić information content (AvgIpc) is 3.20. The fourth-order valence-corrected chi connectivity index (χ4v) is 2.81. The second-order valence-electron chi connectivity index (χ2n) is 7.01. The molecule has 0 amide bonds. The Morgan fingerprint density at radius 1 is 1.03 bits per heavy atom. The molecule has 3 aromatic rings. The van der Waals surface area contributed by atoms with Gasteiger partial charge in [0.2, 0.25) is 5.89 Å². The first-order chi connectivity index (χ1) is 14.0. The second-order valence-corrected chi connectivity index (χ2v) is 7.01. The van der Waals surface area contributed by atoms with E-state index in [0.717, 1.165) is 23.4 Å². The van der Waals surface area contributed by atoms with Gasteiger partial charge in [-0.15, -0.1) is 0 Å². The Morgan fingerprint density at radius 3 is 2.34 bits per heavy atom. The Labute approximate surface area is 171 Å². The number of nitrogens with zero attached hydrogens (tertiary/aromatic N) is 2. The number of oxazole rings is 1. The number of aliphatic hydroxyl groups excluding tert-OH is 1. The zero-order valence-corrected chi connectivity index (χ0v) is 17.1. The SMILES string of the molecule is CCNC(=NCc1coc(-c2ccc(C)cc2)n1)NCC(O)c1ccc(C)cc1. The van der Waals surface area contributed by atoms with Gasteiger partial charge in [-0.25, -0.2) is 9.98 Å². The van der Waals surface area contributed by atoms with Crippen LogP contribution >= 0.6 is 0 Å². The van der Waals surface area contributed by atoms with Gasteiger partial charge in [0, 0.05) is 18.7 Å². The van der Waals surface area contributed by atoms with E-state index in [0.29, 0.717) is 24.9 Å². The summed E-state index contributed by atoms with van der Waals surface area (Å²) in [6.07, 6.45) is 1.02. The van der Waals surface area contributed by atoms with Crippen LogP contribution in [0.3, 0.4) is 0 Å². The lowest BCUT2D eigenvalue weighted by atomic mass is 10.1. The fourth-order valence-electron chi connectivity index (χ4n) is 2.81. The van der Waals surface area contributed by atoms with E-state index in [2.05, 4.69) is 20.6 Å². The zero-order chi connectivity index (χ0) is 20.6. The molecular weight excluding hydrogens is 364 g/mol. The maximum absolute atomic E-state index is 10.4. The molecule has 0 aliphatic carbocycles. The molecular formula is C23H28N4O2. The Bertz CT molecular complexity index is 930. The van der Waals surface area contributed by atoms with Gasteiger partial charge in [-0.1, -0.05) is 47.5 Å². The molecule has 0 fully saturated rings. The van der Waals surface area contributed by atoms with E-state index in [1.54, 1.807) is 6.26 Å².